The van der Waals surface area contributed by atoms with Crippen molar-refractivity contribution in [3.8, 4) is 0 Å². The molecule has 0 aromatic rings. The average Bonchev–Trinajstić information content (AvgIpc) is 2.72. The molecule has 2 nitrogen and oxygen atoms in total. The van der Waals surface area contributed by atoms with Crippen LogP contribution in [0.3, 0.4) is 0 Å². The zero-order valence-electron chi connectivity index (χ0n) is 9.37. The van der Waals surface area contributed by atoms with E-state index < -0.39 is 0 Å². The second-order valence-corrected chi connectivity index (χ2v) is 4.87. The SMILES string of the molecule is CN(CC1CCCO1)C1CCCCC1. The van der Waals surface area contributed by atoms with E-state index in [9.17, 15) is 0 Å². The zero-order chi connectivity index (χ0) is 9.80. The first-order valence-electron chi connectivity index (χ1n) is 6.18. The zero-order valence-corrected chi connectivity index (χ0v) is 9.37. The minimum atomic E-state index is 0.530. The molecule has 0 amide bonds. The Morgan fingerprint density at radius 1 is 1.07 bits per heavy atom. The molecule has 0 spiro atoms. The Morgan fingerprint density at radius 3 is 2.50 bits per heavy atom. The lowest BCUT2D eigenvalue weighted by atomic mass is 9.94. The number of hydrogen-bond donors (Lipinski definition) is 0. The largest absolute Gasteiger partial charge is 0.377 e. The lowest BCUT2D eigenvalue weighted by Gasteiger charge is -2.32. The molecule has 2 fully saturated rings. The number of nitrogens with zero attached hydrogens (tertiary/aromatic N) is 1. The molecule has 1 atom stereocenters. The lowest BCUT2D eigenvalue weighted by Crippen LogP contribution is -2.38. The van der Waals surface area contributed by atoms with Crippen LogP contribution in [0.1, 0.15) is 44.9 Å². The van der Waals surface area contributed by atoms with Gasteiger partial charge in [0.05, 0.1) is 6.10 Å². The van der Waals surface area contributed by atoms with Crippen LogP contribution in [-0.4, -0.2) is 37.2 Å². The Labute approximate surface area is 87.6 Å². The molecule has 82 valence electrons. The van der Waals surface area contributed by atoms with Gasteiger partial charge in [0.1, 0.15) is 0 Å². The van der Waals surface area contributed by atoms with Crippen molar-refractivity contribution < 1.29 is 4.74 Å². The molecule has 2 heteroatoms. The number of ether oxygens (including phenoxy) is 1. The van der Waals surface area contributed by atoms with Crippen LogP contribution in [0, 0.1) is 0 Å². The van der Waals surface area contributed by atoms with Gasteiger partial charge >= 0.3 is 0 Å². The fraction of sp³-hybridized carbons (Fsp3) is 1.00. The summed E-state index contributed by atoms with van der Waals surface area (Å²) >= 11 is 0. The number of rotatable bonds is 3. The summed E-state index contributed by atoms with van der Waals surface area (Å²) in [5, 5.41) is 0. The summed E-state index contributed by atoms with van der Waals surface area (Å²) in [5.74, 6) is 0. The molecule has 0 bridgehead atoms. The van der Waals surface area contributed by atoms with Crippen LogP contribution in [-0.2, 0) is 4.74 Å². The first-order valence-corrected chi connectivity index (χ1v) is 6.18. The first kappa shape index (κ1) is 10.4. The summed E-state index contributed by atoms with van der Waals surface area (Å²) in [4.78, 5) is 2.54. The number of hydrogen-bond acceptors (Lipinski definition) is 2. The normalized spacial score (nSPS) is 30.0. The predicted molar refractivity (Wildman–Crippen MR) is 58.5 cm³/mol. The third kappa shape index (κ3) is 2.71. The van der Waals surface area contributed by atoms with Crippen LogP contribution < -0.4 is 0 Å². The summed E-state index contributed by atoms with van der Waals surface area (Å²) in [5.41, 5.74) is 0. The van der Waals surface area contributed by atoms with Crippen LogP contribution in [0.5, 0.6) is 0 Å². The quantitative estimate of drug-likeness (QED) is 0.689. The van der Waals surface area contributed by atoms with Crippen molar-refractivity contribution in [2.24, 2.45) is 0 Å². The molecule has 1 unspecified atom stereocenters. The van der Waals surface area contributed by atoms with Gasteiger partial charge in [-0.05, 0) is 32.7 Å². The van der Waals surface area contributed by atoms with Crippen LogP contribution >= 0.6 is 0 Å². The summed E-state index contributed by atoms with van der Waals surface area (Å²) in [6.45, 7) is 2.15. The minimum absolute atomic E-state index is 0.530. The van der Waals surface area contributed by atoms with Gasteiger partial charge < -0.3 is 9.64 Å². The molecule has 1 saturated carbocycles. The molecule has 2 rings (SSSR count). The van der Waals surface area contributed by atoms with E-state index in [1.54, 1.807) is 0 Å². The van der Waals surface area contributed by atoms with Gasteiger partial charge in [0.2, 0.25) is 0 Å². The fourth-order valence-electron chi connectivity index (χ4n) is 2.78. The van der Waals surface area contributed by atoms with Gasteiger partial charge in [0.15, 0.2) is 0 Å². The molecule has 1 heterocycles. The Morgan fingerprint density at radius 2 is 1.86 bits per heavy atom. The van der Waals surface area contributed by atoms with Crippen molar-refractivity contribution in [3.63, 3.8) is 0 Å². The molecule has 2 aliphatic rings. The third-order valence-electron chi connectivity index (χ3n) is 3.71. The van der Waals surface area contributed by atoms with Gasteiger partial charge in [-0.1, -0.05) is 19.3 Å². The molecule has 1 aliphatic heterocycles. The Balaban J connectivity index is 1.72. The monoisotopic (exact) mass is 197 g/mol. The maximum Gasteiger partial charge on any atom is 0.0702 e. The van der Waals surface area contributed by atoms with Gasteiger partial charge in [-0.25, -0.2) is 0 Å². The summed E-state index contributed by atoms with van der Waals surface area (Å²) in [6.07, 6.45) is 10.2. The Kier molecular flexibility index (Phi) is 3.82. The average molecular weight is 197 g/mol. The predicted octanol–water partition coefficient (Wildman–Crippen LogP) is 2.43. The van der Waals surface area contributed by atoms with Gasteiger partial charge in [-0.15, -0.1) is 0 Å². The van der Waals surface area contributed by atoms with E-state index in [0.717, 1.165) is 19.2 Å². The molecule has 0 N–H and O–H groups in total. The van der Waals surface area contributed by atoms with Crippen molar-refractivity contribution >= 4 is 0 Å². The summed E-state index contributed by atoms with van der Waals surface area (Å²) in [7, 11) is 2.28. The van der Waals surface area contributed by atoms with Crippen molar-refractivity contribution in [2.45, 2.75) is 57.1 Å². The van der Waals surface area contributed by atoms with E-state index >= 15 is 0 Å². The molecule has 0 aromatic heterocycles. The maximum absolute atomic E-state index is 5.67. The fourth-order valence-corrected chi connectivity index (χ4v) is 2.78. The van der Waals surface area contributed by atoms with Crippen molar-refractivity contribution in [1.29, 1.82) is 0 Å². The highest BCUT2D eigenvalue weighted by Crippen LogP contribution is 2.23. The summed E-state index contributed by atoms with van der Waals surface area (Å²) < 4.78 is 5.67. The molecule has 1 aliphatic carbocycles. The highest BCUT2D eigenvalue weighted by molar-refractivity contribution is 4.77. The van der Waals surface area contributed by atoms with E-state index in [1.807, 2.05) is 0 Å². The Bertz CT molecular complexity index is 160. The number of likely N-dealkylation sites (N-methyl/N-ethyl adjacent to an activating group) is 1. The standard InChI is InChI=1S/C12H23NO/c1-13(10-12-8-5-9-14-12)11-6-3-2-4-7-11/h11-12H,2-10H2,1H3. The van der Waals surface area contributed by atoms with Crippen LogP contribution in [0.15, 0.2) is 0 Å². The molecular weight excluding hydrogens is 174 g/mol. The van der Waals surface area contributed by atoms with Crippen LogP contribution in [0.4, 0.5) is 0 Å². The van der Waals surface area contributed by atoms with Gasteiger partial charge in [-0.3, -0.25) is 0 Å². The highest BCUT2D eigenvalue weighted by atomic mass is 16.5. The van der Waals surface area contributed by atoms with Crippen molar-refractivity contribution in [2.75, 3.05) is 20.2 Å². The van der Waals surface area contributed by atoms with Gasteiger partial charge in [0, 0.05) is 19.2 Å². The molecule has 0 radical (unpaired) electrons. The van der Waals surface area contributed by atoms with E-state index in [2.05, 4.69) is 11.9 Å². The topological polar surface area (TPSA) is 12.5 Å². The second-order valence-electron chi connectivity index (χ2n) is 4.87. The van der Waals surface area contributed by atoms with Crippen molar-refractivity contribution in [1.82, 2.24) is 4.90 Å². The first-order chi connectivity index (χ1) is 6.86. The van der Waals surface area contributed by atoms with Crippen molar-refractivity contribution in [3.05, 3.63) is 0 Å². The maximum atomic E-state index is 5.67. The molecular formula is C12H23NO. The van der Waals surface area contributed by atoms with Gasteiger partial charge in [-0.2, -0.15) is 0 Å². The minimum Gasteiger partial charge on any atom is -0.377 e. The van der Waals surface area contributed by atoms with Crippen LogP contribution in [0.25, 0.3) is 0 Å². The van der Waals surface area contributed by atoms with E-state index in [1.165, 1.54) is 44.9 Å². The lowest BCUT2D eigenvalue weighted by molar-refractivity contribution is 0.0610. The third-order valence-corrected chi connectivity index (χ3v) is 3.71. The van der Waals surface area contributed by atoms with Gasteiger partial charge in [0.25, 0.3) is 0 Å². The molecule has 14 heavy (non-hydrogen) atoms. The van der Waals surface area contributed by atoms with Crippen LogP contribution in [0.2, 0.25) is 0 Å². The Hall–Kier alpha value is -0.0800. The summed E-state index contributed by atoms with van der Waals surface area (Å²) in [6, 6.07) is 0.841. The smallest absolute Gasteiger partial charge is 0.0702 e. The molecule has 0 aromatic carbocycles. The second kappa shape index (κ2) is 5.13. The van der Waals surface area contributed by atoms with E-state index in [-0.39, 0.29) is 0 Å². The molecule has 1 saturated heterocycles. The highest BCUT2D eigenvalue weighted by Gasteiger charge is 2.22. The van der Waals surface area contributed by atoms with E-state index in [0.29, 0.717) is 6.10 Å². The van der Waals surface area contributed by atoms with E-state index in [4.69, 9.17) is 4.74 Å².